The fourth-order valence-electron chi connectivity index (χ4n) is 1.61. The van der Waals surface area contributed by atoms with Crippen molar-refractivity contribution in [2.45, 2.75) is 6.61 Å². The van der Waals surface area contributed by atoms with Crippen LogP contribution in [0.1, 0.15) is 5.69 Å². The summed E-state index contributed by atoms with van der Waals surface area (Å²) in [4.78, 5) is 7.57. The van der Waals surface area contributed by atoms with Crippen molar-refractivity contribution in [3.05, 3.63) is 17.3 Å². The van der Waals surface area contributed by atoms with Crippen LogP contribution in [0.4, 0.5) is 5.82 Å². The summed E-state index contributed by atoms with van der Waals surface area (Å²) in [6, 6.07) is 0. The maximum absolute atomic E-state index is 9.41. The van der Waals surface area contributed by atoms with E-state index >= 15 is 0 Å². The first-order valence-electron chi connectivity index (χ1n) is 5.03. The van der Waals surface area contributed by atoms with Crippen LogP contribution in [0.25, 0.3) is 4.96 Å². The smallest absolute Gasteiger partial charge is 0.195 e. The van der Waals surface area contributed by atoms with Gasteiger partial charge in [0.05, 0.1) is 12.3 Å². The van der Waals surface area contributed by atoms with Gasteiger partial charge in [-0.15, -0.1) is 11.3 Å². The second-order valence-electron chi connectivity index (χ2n) is 3.51. The highest BCUT2D eigenvalue weighted by molar-refractivity contribution is 7.98. The van der Waals surface area contributed by atoms with Crippen LogP contribution < -0.4 is 4.90 Å². The van der Waals surface area contributed by atoms with Crippen molar-refractivity contribution in [1.82, 2.24) is 9.38 Å². The van der Waals surface area contributed by atoms with Crippen LogP contribution in [-0.4, -0.2) is 40.1 Å². The van der Waals surface area contributed by atoms with Crippen LogP contribution in [0.3, 0.4) is 0 Å². The first-order chi connectivity index (χ1) is 7.77. The summed E-state index contributed by atoms with van der Waals surface area (Å²) in [6.07, 6.45) is 4.04. The molecule has 0 atom stereocenters. The number of thioether (sulfide) groups is 1. The molecule has 0 saturated heterocycles. The number of rotatable bonds is 5. The molecular formula is C10H15N3OS2. The molecule has 0 aliphatic heterocycles. The molecule has 1 N–H and O–H groups in total. The number of fused-ring (bicyclic) bond motifs is 1. The lowest BCUT2D eigenvalue weighted by Crippen LogP contribution is -2.22. The predicted octanol–water partition coefficient (Wildman–Crippen LogP) is 1.69. The highest BCUT2D eigenvalue weighted by atomic mass is 32.2. The van der Waals surface area contributed by atoms with E-state index in [1.165, 1.54) is 0 Å². The van der Waals surface area contributed by atoms with Crippen molar-refractivity contribution in [1.29, 1.82) is 0 Å². The normalized spacial score (nSPS) is 11.2. The number of aliphatic hydroxyl groups is 1. The summed E-state index contributed by atoms with van der Waals surface area (Å²) in [5.74, 6) is 1.95. The fourth-order valence-corrected chi connectivity index (χ4v) is 2.79. The molecule has 2 aromatic rings. The molecule has 16 heavy (non-hydrogen) atoms. The van der Waals surface area contributed by atoms with Gasteiger partial charge in [0.25, 0.3) is 0 Å². The second kappa shape index (κ2) is 5.07. The number of thiazole rings is 1. The summed E-state index contributed by atoms with van der Waals surface area (Å²) in [5, 5.41) is 11.4. The van der Waals surface area contributed by atoms with Gasteiger partial charge in [0.15, 0.2) is 10.8 Å². The van der Waals surface area contributed by atoms with Crippen LogP contribution >= 0.6 is 23.1 Å². The van der Waals surface area contributed by atoms with Gasteiger partial charge in [-0.3, -0.25) is 4.40 Å². The third-order valence-electron chi connectivity index (χ3n) is 2.48. The van der Waals surface area contributed by atoms with E-state index in [0.29, 0.717) is 0 Å². The zero-order valence-corrected chi connectivity index (χ0v) is 11.0. The predicted molar refractivity (Wildman–Crippen MR) is 70.6 cm³/mol. The molecule has 2 rings (SSSR count). The maximum atomic E-state index is 9.41. The maximum Gasteiger partial charge on any atom is 0.195 e. The summed E-state index contributed by atoms with van der Waals surface area (Å²) >= 11 is 3.40. The quantitative estimate of drug-likeness (QED) is 0.885. The molecule has 88 valence electrons. The number of hydrogen-bond donors (Lipinski definition) is 1. The Morgan fingerprint density at radius 3 is 3.12 bits per heavy atom. The minimum Gasteiger partial charge on any atom is -0.390 e. The molecule has 0 radical (unpaired) electrons. The third kappa shape index (κ3) is 2.05. The first kappa shape index (κ1) is 11.8. The van der Waals surface area contributed by atoms with E-state index in [0.717, 1.165) is 28.8 Å². The molecule has 0 aromatic carbocycles. The Morgan fingerprint density at radius 2 is 2.44 bits per heavy atom. The van der Waals surface area contributed by atoms with Crippen LogP contribution in [0.5, 0.6) is 0 Å². The Hall–Kier alpha value is -0.720. The van der Waals surface area contributed by atoms with Crippen molar-refractivity contribution >= 4 is 33.9 Å². The van der Waals surface area contributed by atoms with Gasteiger partial charge in [-0.25, -0.2) is 4.98 Å². The molecule has 2 aromatic heterocycles. The highest BCUT2D eigenvalue weighted by Crippen LogP contribution is 2.23. The minimum absolute atomic E-state index is 0.0246. The van der Waals surface area contributed by atoms with Crippen molar-refractivity contribution in [2.24, 2.45) is 0 Å². The molecule has 0 unspecified atom stereocenters. The van der Waals surface area contributed by atoms with Crippen molar-refractivity contribution in [3.63, 3.8) is 0 Å². The molecule has 0 aliphatic rings. The van der Waals surface area contributed by atoms with Gasteiger partial charge in [-0.05, 0) is 6.26 Å². The molecular weight excluding hydrogens is 242 g/mol. The van der Waals surface area contributed by atoms with Crippen LogP contribution in [0, 0.1) is 0 Å². The lowest BCUT2D eigenvalue weighted by atomic mass is 10.4. The lowest BCUT2D eigenvalue weighted by molar-refractivity contribution is 0.276. The Balaban J connectivity index is 2.31. The summed E-state index contributed by atoms with van der Waals surface area (Å²) in [7, 11) is 2.02. The van der Waals surface area contributed by atoms with Gasteiger partial charge in [0.2, 0.25) is 0 Å². The summed E-state index contributed by atoms with van der Waals surface area (Å²) < 4.78 is 1.95. The Bertz CT molecular complexity index is 466. The molecule has 0 amide bonds. The molecule has 2 heterocycles. The molecule has 0 spiro atoms. The molecule has 0 aliphatic carbocycles. The number of nitrogens with zero attached hydrogens (tertiary/aromatic N) is 3. The number of aromatic nitrogens is 2. The van der Waals surface area contributed by atoms with Crippen molar-refractivity contribution < 1.29 is 5.11 Å². The zero-order chi connectivity index (χ0) is 11.5. The molecule has 4 nitrogen and oxygen atoms in total. The zero-order valence-electron chi connectivity index (χ0n) is 9.38. The largest absolute Gasteiger partial charge is 0.390 e. The van der Waals surface area contributed by atoms with Gasteiger partial charge in [-0.1, -0.05) is 0 Å². The molecule has 0 fully saturated rings. The summed E-state index contributed by atoms with van der Waals surface area (Å²) in [5.41, 5.74) is 0.875. The van der Waals surface area contributed by atoms with E-state index in [1.54, 1.807) is 11.3 Å². The first-order valence-corrected chi connectivity index (χ1v) is 7.30. The van der Waals surface area contributed by atoms with Crippen molar-refractivity contribution in [2.75, 3.05) is 30.5 Å². The highest BCUT2D eigenvalue weighted by Gasteiger charge is 2.15. The van der Waals surface area contributed by atoms with Gasteiger partial charge in [0.1, 0.15) is 0 Å². The molecule has 6 heteroatoms. The topological polar surface area (TPSA) is 40.8 Å². The number of imidazole rings is 1. The van der Waals surface area contributed by atoms with Crippen LogP contribution in [0.2, 0.25) is 0 Å². The van der Waals surface area contributed by atoms with Gasteiger partial charge >= 0.3 is 0 Å². The number of hydrogen-bond acceptors (Lipinski definition) is 5. The average Bonchev–Trinajstić information content (AvgIpc) is 2.84. The van der Waals surface area contributed by atoms with Crippen LogP contribution in [0.15, 0.2) is 11.6 Å². The third-order valence-corrected chi connectivity index (χ3v) is 3.83. The van der Waals surface area contributed by atoms with Crippen LogP contribution in [-0.2, 0) is 6.61 Å². The van der Waals surface area contributed by atoms with Crippen molar-refractivity contribution in [3.8, 4) is 0 Å². The van der Waals surface area contributed by atoms with E-state index < -0.39 is 0 Å². The SMILES string of the molecule is CSCCN(C)c1nc2sccn2c1CO. The van der Waals surface area contributed by atoms with E-state index in [2.05, 4.69) is 16.1 Å². The Kier molecular flexibility index (Phi) is 3.73. The molecule has 0 bridgehead atoms. The van der Waals surface area contributed by atoms with E-state index in [4.69, 9.17) is 0 Å². The van der Waals surface area contributed by atoms with E-state index in [1.807, 2.05) is 34.8 Å². The number of aliphatic hydroxyl groups excluding tert-OH is 1. The Labute approximate surface area is 103 Å². The Morgan fingerprint density at radius 1 is 1.62 bits per heavy atom. The monoisotopic (exact) mass is 257 g/mol. The minimum atomic E-state index is 0.0246. The van der Waals surface area contributed by atoms with Gasteiger partial charge in [0, 0.05) is 30.9 Å². The van der Waals surface area contributed by atoms with Gasteiger partial charge < -0.3 is 10.0 Å². The summed E-state index contributed by atoms with van der Waals surface area (Å²) in [6.45, 7) is 0.968. The molecule has 0 saturated carbocycles. The average molecular weight is 257 g/mol. The van der Waals surface area contributed by atoms with E-state index in [9.17, 15) is 5.11 Å². The fraction of sp³-hybridized carbons (Fsp3) is 0.500. The van der Waals surface area contributed by atoms with Gasteiger partial charge in [-0.2, -0.15) is 11.8 Å². The van der Waals surface area contributed by atoms with E-state index in [-0.39, 0.29) is 6.61 Å². The lowest BCUT2D eigenvalue weighted by Gasteiger charge is -2.16. The number of anilines is 1. The second-order valence-corrected chi connectivity index (χ2v) is 5.37. The standard InChI is InChI=1S/C10H15N3OS2/c1-12(3-5-15-2)9-8(7-14)13-4-6-16-10(13)11-9/h4,6,14H,3,5,7H2,1-2H3.